The largest absolute Gasteiger partial charge is 0.496 e. The molecule has 6 nitrogen and oxygen atoms in total. The smallest absolute Gasteiger partial charge is 0.255 e. The number of halogens is 1. The molecule has 3 rings (SSSR count). The fourth-order valence-corrected chi connectivity index (χ4v) is 2.85. The molecule has 0 aliphatic rings. The molecule has 0 saturated carbocycles. The van der Waals surface area contributed by atoms with Crippen LogP contribution in [0.5, 0.6) is 11.5 Å². The van der Waals surface area contributed by atoms with Gasteiger partial charge >= 0.3 is 0 Å². The van der Waals surface area contributed by atoms with Crippen molar-refractivity contribution in [3.63, 3.8) is 0 Å². The van der Waals surface area contributed by atoms with Gasteiger partial charge in [-0.2, -0.15) is 0 Å². The Morgan fingerprint density at radius 3 is 2.48 bits per heavy atom. The van der Waals surface area contributed by atoms with E-state index >= 15 is 0 Å². The number of nitrogens with one attached hydrogen (secondary N) is 1. The monoisotopic (exact) mass is 387 g/mol. The maximum atomic E-state index is 12.5. The second-order valence-electron chi connectivity index (χ2n) is 5.64. The van der Waals surface area contributed by atoms with Crippen LogP contribution in [0, 0.1) is 0 Å². The van der Waals surface area contributed by atoms with Gasteiger partial charge in [0.1, 0.15) is 29.6 Å². The topological polar surface area (TPSA) is 80.9 Å². The van der Waals surface area contributed by atoms with E-state index in [1.165, 1.54) is 14.2 Å². The van der Waals surface area contributed by atoms with Crippen LogP contribution in [0.4, 0.5) is 5.69 Å². The van der Waals surface area contributed by atoms with Gasteiger partial charge in [0.05, 0.1) is 24.8 Å². The number of aliphatic hydroxyl groups is 1. The van der Waals surface area contributed by atoms with E-state index in [9.17, 15) is 4.79 Å². The Morgan fingerprint density at radius 2 is 1.85 bits per heavy atom. The van der Waals surface area contributed by atoms with E-state index in [2.05, 4.69) is 5.32 Å². The molecule has 2 N–H and O–H groups in total. The second kappa shape index (κ2) is 8.16. The summed E-state index contributed by atoms with van der Waals surface area (Å²) in [6.07, 6.45) is 0. The zero-order valence-corrected chi connectivity index (χ0v) is 15.5. The van der Waals surface area contributed by atoms with Crippen molar-refractivity contribution in [1.82, 2.24) is 0 Å². The van der Waals surface area contributed by atoms with E-state index in [0.29, 0.717) is 44.9 Å². The van der Waals surface area contributed by atoms with Crippen LogP contribution >= 0.6 is 11.6 Å². The summed E-state index contributed by atoms with van der Waals surface area (Å²) < 4.78 is 16.0. The molecule has 0 aliphatic heterocycles. The maximum absolute atomic E-state index is 12.5. The summed E-state index contributed by atoms with van der Waals surface area (Å²) in [6, 6.07) is 13.5. The quantitative estimate of drug-likeness (QED) is 0.656. The average molecular weight is 388 g/mol. The number of ether oxygens (including phenoxy) is 2. The Kier molecular flexibility index (Phi) is 5.69. The SMILES string of the molecule is COc1ccc(C(=O)Nc2ccc(-c3ccc(CO)o3)c(OC)c2)cc1Cl. The molecule has 1 amide bonds. The molecule has 0 fully saturated rings. The fourth-order valence-electron chi connectivity index (χ4n) is 2.59. The van der Waals surface area contributed by atoms with E-state index in [4.69, 9.17) is 30.6 Å². The summed E-state index contributed by atoms with van der Waals surface area (Å²) in [5, 5.41) is 12.3. The molecule has 0 saturated heterocycles. The van der Waals surface area contributed by atoms with Gasteiger partial charge in [-0.05, 0) is 42.5 Å². The highest BCUT2D eigenvalue weighted by atomic mass is 35.5. The van der Waals surface area contributed by atoms with Gasteiger partial charge in [0.25, 0.3) is 5.91 Å². The van der Waals surface area contributed by atoms with Crippen LogP contribution in [0.1, 0.15) is 16.1 Å². The van der Waals surface area contributed by atoms with Gasteiger partial charge in [-0.25, -0.2) is 0 Å². The van der Waals surface area contributed by atoms with Crippen molar-refractivity contribution in [2.75, 3.05) is 19.5 Å². The van der Waals surface area contributed by atoms with E-state index < -0.39 is 0 Å². The Balaban J connectivity index is 1.83. The van der Waals surface area contributed by atoms with Crippen molar-refractivity contribution < 1.29 is 23.8 Å². The van der Waals surface area contributed by atoms with Gasteiger partial charge in [0.15, 0.2) is 0 Å². The standard InChI is InChI=1S/C20H18ClNO5/c1-25-18-7-3-12(9-16(18)21)20(24)22-13-4-6-15(19(10-13)26-2)17-8-5-14(11-23)27-17/h3-10,23H,11H2,1-2H3,(H,22,24). The molecule has 1 aromatic heterocycles. The van der Waals surface area contributed by atoms with Gasteiger partial charge in [0, 0.05) is 17.3 Å². The molecule has 140 valence electrons. The van der Waals surface area contributed by atoms with Crippen LogP contribution in [-0.4, -0.2) is 25.2 Å². The molecule has 0 atom stereocenters. The predicted octanol–water partition coefficient (Wildman–Crippen LogP) is 4.36. The first-order chi connectivity index (χ1) is 13.0. The number of hydrogen-bond donors (Lipinski definition) is 2. The van der Waals surface area contributed by atoms with Crippen molar-refractivity contribution in [2.24, 2.45) is 0 Å². The summed E-state index contributed by atoms with van der Waals surface area (Å²) >= 11 is 6.07. The van der Waals surface area contributed by atoms with Crippen LogP contribution in [0.2, 0.25) is 5.02 Å². The van der Waals surface area contributed by atoms with Crippen LogP contribution in [0.15, 0.2) is 52.9 Å². The van der Waals surface area contributed by atoms with Crippen molar-refractivity contribution in [2.45, 2.75) is 6.61 Å². The van der Waals surface area contributed by atoms with Crippen molar-refractivity contribution in [3.8, 4) is 22.8 Å². The van der Waals surface area contributed by atoms with Crippen LogP contribution in [0.3, 0.4) is 0 Å². The van der Waals surface area contributed by atoms with Crippen molar-refractivity contribution in [3.05, 3.63) is 64.9 Å². The molecular weight excluding hydrogens is 370 g/mol. The number of furan rings is 1. The van der Waals surface area contributed by atoms with E-state index in [1.807, 2.05) is 0 Å². The highest BCUT2D eigenvalue weighted by Crippen LogP contribution is 2.34. The van der Waals surface area contributed by atoms with Gasteiger partial charge in [0.2, 0.25) is 0 Å². The fraction of sp³-hybridized carbons (Fsp3) is 0.150. The molecule has 7 heteroatoms. The Morgan fingerprint density at radius 1 is 1.07 bits per heavy atom. The van der Waals surface area contributed by atoms with Crippen LogP contribution < -0.4 is 14.8 Å². The molecule has 0 aliphatic carbocycles. The Bertz CT molecular complexity index is 967. The second-order valence-corrected chi connectivity index (χ2v) is 6.05. The van der Waals surface area contributed by atoms with E-state index in [-0.39, 0.29) is 12.5 Å². The lowest BCUT2D eigenvalue weighted by Crippen LogP contribution is -2.12. The number of hydrogen-bond acceptors (Lipinski definition) is 5. The summed E-state index contributed by atoms with van der Waals surface area (Å²) in [4.78, 5) is 12.5. The number of benzene rings is 2. The highest BCUT2D eigenvalue weighted by molar-refractivity contribution is 6.32. The van der Waals surface area contributed by atoms with Crippen molar-refractivity contribution in [1.29, 1.82) is 0 Å². The minimum Gasteiger partial charge on any atom is -0.496 e. The first-order valence-electron chi connectivity index (χ1n) is 8.08. The first-order valence-corrected chi connectivity index (χ1v) is 8.46. The Hall–Kier alpha value is -2.96. The summed E-state index contributed by atoms with van der Waals surface area (Å²) in [7, 11) is 3.04. The van der Waals surface area contributed by atoms with Crippen LogP contribution in [0.25, 0.3) is 11.3 Å². The number of methoxy groups -OCH3 is 2. The molecule has 0 radical (unpaired) electrons. The number of amides is 1. The molecule has 3 aromatic rings. The minimum absolute atomic E-state index is 0.180. The zero-order valence-electron chi connectivity index (χ0n) is 14.8. The first kappa shape index (κ1) is 18.8. The molecule has 1 heterocycles. The van der Waals surface area contributed by atoms with Gasteiger partial charge in [-0.1, -0.05) is 11.6 Å². The molecular formula is C20H18ClNO5. The zero-order chi connectivity index (χ0) is 19.4. The maximum Gasteiger partial charge on any atom is 0.255 e. The number of anilines is 1. The lowest BCUT2D eigenvalue weighted by molar-refractivity contribution is 0.102. The third kappa shape index (κ3) is 4.07. The average Bonchev–Trinajstić information content (AvgIpc) is 3.16. The number of aliphatic hydroxyl groups excluding tert-OH is 1. The highest BCUT2D eigenvalue weighted by Gasteiger charge is 2.14. The minimum atomic E-state index is -0.310. The molecule has 0 bridgehead atoms. The predicted molar refractivity (Wildman–Crippen MR) is 103 cm³/mol. The van der Waals surface area contributed by atoms with Crippen molar-refractivity contribution >= 4 is 23.2 Å². The van der Waals surface area contributed by atoms with E-state index in [1.54, 1.807) is 48.5 Å². The number of rotatable bonds is 6. The van der Waals surface area contributed by atoms with Crippen LogP contribution in [-0.2, 0) is 6.61 Å². The molecule has 0 spiro atoms. The van der Waals surface area contributed by atoms with Gasteiger partial charge in [-0.15, -0.1) is 0 Å². The van der Waals surface area contributed by atoms with E-state index in [0.717, 1.165) is 0 Å². The lowest BCUT2D eigenvalue weighted by atomic mass is 10.1. The Labute approximate surface area is 161 Å². The molecule has 27 heavy (non-hydrogen) atoms. The number of carbonyl (C=O) groups is 1. The number of carbonyl (C=O) groups excluding carboxylic acids is 1. The van der Waals surface area contributed by atoms with Gasteiger partial charge < -0.3 is 24.3 Å². The molecule has 2 aromatic carbocycles. The third-order valence-electron chi connectivity index (χ3n) is 3.96. The summed E-state index contributed by atoms with van der Waals surface area (Å²) in [5.74, 6) is 1.74. The third-order valence-corrected chi connectivity index (χ3v) is 4.25. The normalized spacial score (nSPS) is 10.5. The summed E-state index contributed by atoms with van der Waals surface area (Å²) in [6.45, 7) is -0.180. The lowest BCUT2D eigenvalue weighted by Gasteiger charge is -2.11. The van der Waals surface area contributed by atoms with Gasteiger partial charge in [-0.3, -0.25) is 4.79 Å². The molecule has 0 unspecified atom stereocenters. The summed E-state index contributed by atoms with van der Waals surface area (Å²) in [5.41, 5.74) is 1.67.